The smallest absolute Gasteiger partial charge is 0.299 e. The topological polar surface area (TPSA) is 55.2 Å². The Bertz CT molecular complexity index is 708. The number of carbonyl (C=O) groups excluding carboxylic acids is 2. The molecule has 0 fully saturated rings. The Balaban J connectivity index is 1.87. The van der Waals surface area contributed by atoms with Gasteiger partial charge in [-0.25, -0.2) is 9.37 Å². The fourth-order valence-corrected chi connectivity index (χ4v) is 2.34. The molecular formula is C14H12FN3O2. The quantitative estimate of drug-likeness (QED) is 0.797. The number of anilines is 1. The summed E-state index contributed by atoms with van der Waals surface area (Å²) < 4.78 is 15.2. The highest BCUT2D eigenvalue weighted by molar-refractivity contribution is 6.52. The fourth-order valence-electron chi connectivity index (χ4n) is 2.34. The number of amides is 1. The number of benzene rings is 1. The maximum atomic E-state index is 13.3. The van der Waals surface area contributed by atoms with Crippen molar-refractivity contribution in [2.45, 2.75) is 13.5 Å². The maximum Gasteiger partial charge on any atom is 0.299 e. The van der Waals surface area contributed by atoms with Gasteiger partial charge in [0.15, 0.2) is 0 Å². The largest absolute Gasteiger partial charge is 0.333 e. The second kappa shape index (κ2) is 4.56. The Morgan fingerprint density at radius 2 is 2.05 bits per heavy atom. The van der Waals surface area contributed by atoms with E-state index >= 15 is 0 Å². The minimum atomic E-state index is -0.608. The molecule has 0 atom stereocenters. The molecule has 1 aromatic heterocycles. The van der Waals surface area contributed by atoms with Crippen LogP contribution in [0.3, 0.4) is 0 Å². The van der Waals surface area contributed by atoms with Crippen molar-refractivity contribution in [3.8, 4) is 0 Å². The van der Waals surface area contributed by atoms with Gasteiger partial charge in [0.2, 0.25) is 0 Å². The van der Waals surface area contributed by atoms with Crippen LogP contribution < -0.4 is 4.90 Å². The van der Waals surface area contributed by atoms with Crippen LogP contribution >= 0.6 is 0 Å². The van der Waals surface area contributed by atoms with Crippen LogP contribution in [0.2, 0.25) is 0 Å². The molecule has 5 nitrogen and oxygen atoms in total. The molecule has 6 heteroatoms. The molecule has 0 spiro atoms. The number of Topliss-reactive ketones (excluding diaryl/α,β-unsaturated/α-hetero) is 1. The number of rotatable bonds is 3. The van der Waals surface area contributed by atoms with Crippen molar-refractivity contribution in [2.75, 3.05) is 11.4 Å². The van der Waals surface area contributed by atoms with Gasteiger partial charge >= 0.3 is 0 Å². The van der Waals surface area contributed by atoms with E-state index in [1.165, 1.54) is 23.1 Å². The number of aromatic nitrogens is 2. The highest BCUT2D eigenvalue weighted by Crippen LogP contribution is 2.29. The normalized spacial score (nSPS) is 14.0. The van der Waals surface area contributed by atoms with Crippen molar-refractivity contribution in [1.82, 2.24) is 9.55 Å². The van der Waals surface area contributed by atoms with Gasteiger partial charge in [-0.05, 0) is 25.1 Å². The van der Waals surface area contributed by atoms with Crippen LogP contribution in [0.4, 0.5) is 10.1 Å². The van der Waals surface area contributed by atoms with Crippen LogP contribution in [0.15, 0.2) is 30.6 Å². The average Bonchev–Trinajstić information content (AvgIpc) is 2.92. The first-order chi connectivity index (χ1) is 9.58. The average molecular weight is 273 g/mol. The van der Waals surface area contributed by atoms with Gasteiger partial charge < -0.3 is 9.47 Å². The lowest BCUT2D eigenvalue weighted by Gasteiger charge is -2.17. The number of nitrogens with zero attached hydrogens (tertiary/aromatic N) is 3. The highest BCUT2D eigenvalue weighted by atomic mass is 19.1. The minimum absolute atomic E-state index is 0.263. The Labute approximate surface area is 114 Å². The molecule has 0 bridgehead atoms. The zero-order valence-corrected chi connectivity index (χ0v) is 10.8. The first kappa shape index (κ1) is 12.5. The first-order valence-electron chi connectivity index (χ1n) is 6.21. The predicted octanol–water partition coefficient (Wildman–Crippen LogP) is 1.56. The zero-order valence-electron chi connectivity index (χ0n) is 10.8. The van der Waals surface area contributed by atoms with Gasteiger partial charge in [-0.15, -0.1) is 0 Å². The van der Waals surface area contributed by atoms with Crippen molar-refractivity contribution in [2.24, 2.45) is 0 Å². The van der Waals surface area contributed by atoms with Crippen LogP contribution in [0.5, 0.6) is 0 Å². The number of carbonyl (C=O) groups is 2. The SMILES string of the molecule is Cc1nccn1CCN1C(=O)C(=O)c2ccc(F)cc21. The molecule has 1 aromatic carbocycles. The Hall–Kier alpha value is -2.50. The highest BCUT2D eigenvalue weighted by Gasteiger charge is 2.35. The second-order valence-electron chi connectivity index (χ2n) is 4.62. The molecule has 0 aliphatic carbocycles. The van der Waals surface area contributed by atoms with Crippen molar-refractivity contribution in [1.29, 1.82) is 0 Å². The van der Waals surface area contributed by atoms with Crippen molar-refractivity contribution in [3.05, 3.63) is 47.8 Å². The molecule has 1 aliphatic rings. The molecule has 102 valence electrons. The standard InChI is InChI=1S/C14H12FN3O2/c1-9-16-4-5-17(9)6-7-18-12-8-10(15)2-3-11(12)13(19)14(18)20/h2-5,8H,6-7H2,1H3. The van der Waals surface area contributed by atoms with E-state index in [2.05, 4.69) is 4.98 Å². The summed E-state index contributed by atoms with van der Waals surface area (Å²) in [6, 6.07) is 3.76. The van der Waals surface area contributed by atoms with Crippen molar-refractivity contribution < 1.29 is 14.0 Å². The molecule has 0 radical (unpaired) electrons. The third-order valence-electron chi connectivity index (χ3n) is 3.42. The number of imidazole rings is 1. The second-order valence-corrected chi connectivity index (χ2v) is 4.62. The molecule has 0 saturated carbocycles. The molecule has 20 heavy (non-hydrogen) atoms. The third kappa shape index (κ3) is 1.89. The molecule has 0 saturated heterocycles. The van der Waals surface area contributed by atoms with Crippen LogP contribution in [-0.2, 0) is 11.3 Å². The van der Waals surface area contributed by atoms with Crippen molar-refractivity contribution in [3.63, 3.8) is 0 Å². The first-order valence-corrected chi connectivity index (χ1v) is 6.21. The fraction of sp³-hybridized carbons (Fsp3) is 0.214. The lowest BCUT2D eigenvalue weighted by molar-refractivity contribution is -0.114. The van der Waals surface area contributed by atoms with E-state index in [0.29, 0.717) is 18.8 Å². The van der Waals surface area contributed by atoms with Gasteiger partial charge in [0.05, 0.1) is 11.3 Å². The van der Waals surface area contributed by atoms with Gasteiger partial charge in [0, 0.05) is 25.5 Å². The molecule has 1 aliphatic heterocycles. The summed E-state index contributed by atoms with van der Waals surface area (Å²) in [5.74, 6) is -0.830. The number of ketones is 1. The molecule has 3 rings (SSSR count). The minimum Gasteiger partial charge on any atom is -0.333 e. The van der Waals surface area contributed by atoms with E-state index in [9.17, 15) is 14.0 Å². The van der Waals surface area contributed by atoms with Gasteiger partial charge in [-0.2, -0.15) is 0 Å². The Morgan fingerprint density at radius 1 is 1.25 bits per heavy atom. The van der Waals surface area contributed by atoms with Crippen LogP contribution in [-0.4, -0.2) is 27.8 Å². The summed E-state index contributed by atoms with van der Waals surface area (Å²) in [6.07, 6.45) is 3.46. The monoisotopic (exact) mass is 273 g/mol. The molecule has 2 heterocycles. The van der Waals surface area contributed by atoms with E-state index in [-0.39, 0.29) is 5.56 Å². The summed E-state index contributed by atoms with van der Waals surface area (Å²) in [5.41, 5.74) is 0.608. The Kier molecular flexibility index (Phi) is 2.85. The summed E-state index contributed by atoms with van der Waals surface area (Å²) in [5, 5.41) is 0. The summed E-state index contributed by atoms with van der Waals surface area (Å²) in [4.78, 5) is 29.2. The lowest BCUT2D eigenvalue weighted by Crippen LogP contribution is -2.32. The molecule has 0 unspecified atom stereocenters. The number of hydrogen-bond donors (Lipinski definition) is 0. The Morgan fingerprint density at radius 3 is 2.75 bits per heavy atom. The molecule has 0 N–H and O–H groups in total. The van der Waals surface area contributed by atoms with E-state index in [1.54, 1.807) is 12.4 Å². The predicted molar refractivity (Wildman–Crippen MR) is 70.0 cm³/mol. The lowest BCUT2D eigenvalue weighted by atomic mass is 10.1. The summed E-state index contributed by atoms with van der Waals surface area (Å²) >= 11 is 0. The molecular weight excluding hydrogens is 261 g/mol. The summed E-state index contributed by atoms with van der Waals surface area (Å²) in [6.45, 7) is 2.66. The zero-order chi connectivity index (χ0) is 14.3. The summed E-state index contributed by atoms with van der Waals surface area (Å²) in [7, 11) is 0. The van der Waals surface area contributed by atoms with Crippen molar-refractivity contribution >= 4 is 17.4 Å². The number of fused-ring (bicyclic) bond motifs is 1. The van der Waals surface area contributed by atoms with Crippen LogP contribution in [0, 0.1) is 12.7 Å². The van der Waals surface area contributed by atoms with E-state index in [4.69, 9.17) is 0 Å². The van der Waals surface area contributed by atoms with Gasteiger partial charge in [0.1, 0.15) is 11.6 Å². The van der Waals surface area contributed by atoms with Crippen LogP contribution in [0.1, 0.15) is 16.2 Å². The number of hydrogen-bond acceptors (Lipinski definition) is 3. The molecule has 1 amide bonds. The van der Waals surface area contributed by atoms with E-state index in [1.807, 2.05) is 11.5 Å². The van der Waals surface area contributed by atoms with Gasteiger partial charge in [0.25, 0.3) is 11.7 Å². The van der Waals surface area contributed by atoms with Crippen LogP contribution in [0.25, 0.3) is 0 Å². The van der Waals surface area contributed by atoms with Gasteiger partial charge in [-0.3, -0.25) is 9.59 Å². The van der Waals surface area contributed by atoms with Gasteiger partial charge in [-0.1, -0.05) is 0 Å². The molecule has 2 aromatic rings. The van der Waals surface area contributed by atoms with E-state index in [0.717, 1.165) is 5.82 Å². The maximum absolute atomic E-state index is 13.3. The third-order valence-corrected chi connectivity index (χ3v) is 3.42. The number of halogens is 1. The number of aryl methyl sites for hydroxylation is 1. The van der Waals surface area contributed by atoms with E-state index < -0.39 is 17.5 Å².